The molecular formula is C32H32F3N5O2. The highest BCUT2D eigenvalue weighted by atomic mass is 19.1. The largest absolute Gasteiger partial charge is 0.508 e. The van der Waals surface area contributed by atoms with Gasteiger partial charge in [0.25, 0.3) is 0 Å². The van der Waals surface area contributed by atoms with Crippen molar-refractivity contribution in [1.29, 1.82) is 0 Å². The Hall–Kier alpha value is -3.66. The normalized spacial score (nSPS) is 26.8. The Bertz CT molecular complexity index is 1740. The highest BCUT2D eigenvalue weighted by molar-refractivity contribution is 6.01. The lowest BCUT2D eigenvalue weighted by atomic mass is 9.94. The first-order valence-electron chi connectivity index (χ1n) is 14.9. The fourth-order valence-electron chi connectivity index (χ4n) is 7.77. The lowest BCUT2D eigenvalue weighted by Crippen LogP contribution is -2.43. The molecule has 4 aromatic rings. The van der Waals surface area contributed by atoms with E-state index in [2.05, 4.69) is 19.8 Å². The smallest absolute Gasteiger partial charge is 0.319 e. The molecule has 7 nitrogen and oxygen atoms in total. The van der Waals surface area contributed by atoms with Gasteiger partial charge in [0.1, 0.15) is 41.4 Å². The summed E-state index contributed by atoms with van der Waals surface area (Å²) in [5, 5.41) is 12.1. The van der Waals surface area contributed by atoms with Crippen LogP contribution in [0.3, 0.4) is 0 Å². The van der Waals surface area contributed by atoms with Crippen LogP contribution in [0.1, 0.15) is 38.2 Å². The molecule has 2 aromatic heterocycles. The highest BCUT2D eigenvalue weighted by Crippen LogP contribution is 2.48. The Kier molecular flexibility index (Phi) is 5.83. The van der Waals surface area contributed by atoms with Crippen LogP contribution in [0.25, 0.3) is 32.9 Å². The average molecular weight is 576 g/mol. The molecule has 1 N–H and O–H groups in total. The summed E-state index contributed by atoms with van der Waals surface area (Å²) in [5.41, 5.74) is 0.361. The van der Waals surface area contributed by atoms with Gasteiger partial charge in [-0.05, 0) is 78.6 Å². The number of aryl methyl sites for hydroxylation is 1. The Morgan fingerprint density at radius 1 is 1.12 bits per heavy atom. The van der Waals surface area contributed by atoms with Gasteiger partial charge in [-0.25, -0.2) is 13.2 Å². The van der Waals surface area contributed by atoms with E-state index in [-0.39, 0.29) is 29.6 Å². The fourth-order valence-corrected chi connectivity index (χ4v) is 7.77. The number of fused-ring (bicyclic) bond motifs is 4. The minimum absolute atomic E-state index is 0.0276. The van der Waals surface area contributed by atoms with Crippen molar-refractivity contribution in [3.05, 3.63) is 47.7 Å². The van der Waals surface area contributed by atoms with Crippen LogP contribution >= 0.6 is 0 Å². The van der Waals surface area contributed by atoms with Gasteiger partial charge in [-0.1, -0.05) is 13.0 Å². The summed E-state index contributed by atoms with van der Waals surface area (Å²) < 4.78 is 52.1. The number of phenols is 1. The van der Waals surface area contributed by atoms with Crippen molar-refractivity contribution in [2.45, 2.75) is 50.7 Å². The number of phenolic OH excluding ortho intramolecular Hbond substituents is 1. The number of halogens is 3. The number of ether oxygens (including phenoxy) is 1. The maximum absolute atomic E-state index is 16.6. The number of anilines is 1. The molecule has 2 unspecified atom stereocenters. The van der Waals surface area contributed by atoms with Gasteiger partial charge in [0.2, 0.25) is 0 Å². The molecule has 1 aliphatic carbocycles. The number of piperidine rings is 1. The fraction of sp³-hybridized carbons (Fsp3) is 0.469. The Balaban J connectivity index is 1.26. The van der Waals surface area contributed by atoms with Crippen molar-refractivity contribution in [2.75, 3.05) is 37.7 Å². The third kappa shape index (κ3) is 4.01. The number of rotatable bonds is 6. The van der Waals surface area contributed by atoms with E-state index in [1.165, 1.54) is 24.6 Å². The molecule has 42 heavy (non-hydrogen) atoms. The Morgan fingerprint density at radius 3 is 2.76 bits per heavy atom. The molecule has 2 aromatic carbocycles. The zero-order valence-electron chi connectivity index (χ0n) is 23.4. The van der Waals surface area contributed by atoms with Crippen molar-refractivity contribution in [3.8, 4) is 23.0 Å². The number of aromatic hydroxyl groups is 1. The molecule has 4 aliphatic rings. The summed E-state index contributed by atoms with van der Waals surface area (Å²) in [6, 6.07) is 5.95. The number of hydrogen-bond donors (Lipinski definition) is 1. The molecule has 5 heterocycles. The lowest BCUT2D eigenvalue weighted by molar-refractivity contribution is 0.107. The summed E-state index contributed by atoms with van der Waals surface area (Å²) in [6.45, 7) is 4.98. The number of nitrogens with zero attached hydrogens (tertiary/aromatic N) is 5. The van der Waals surface area contributed by atoms with Crippen LogP contribution in [0.5, 0.6) is 11.8 Å². The van der Waals surface area contributed by atoms with Crippen LogP contribution < -0.4 is 9.64 Å². The van der Waals surface area contributed by atoms with Crippen LogP contribution in [0.4, 0.5) is 19.0 Å². The van der Waals surface area contributed by atoms with Crippen molar-refractivity contribution in [1.82, 2.24) is 19.9 Å². The van der Waals surface area contributed by atoms with Gasteiger partial charge in [-0.15, -0.1) is 0 Å². The number of pyridine rings is 1. The van der Waals surface area contributed by atoms with E-state index >= 15 is 4.39 Å². The second-order valence-electron chi connectivity index (χ2n) is 12.5. The summed E-state index contributed by atoms with van der Waals surface area (Å²) in [4.78, 5) is 18.1. The van der Waals surface area contributed by atoms with Crippen LogP contribution in [0.15, 0.2) is 30.5 Å². The van der Waals surface area contributed by atoms with E-state index in [4.69, 9.17) is 9.72 Å². The van der Waals surface area contributed by atoms with Gasteiger partial charge >= 0.3 is 6.01 Å². The third-order valence-electron chi connectivity index (χ3n) is 9.91. The maximum atomic E-state index is 16.6. The van der Waals surface area contributed by atoms with Crippen LogP contribution in [0.2, 0.25) is 0 Å². The SMILES string of the molecule is CCc1c(F)ccc2cc(O)cc(-c3ncc4c(N5CC6CC6C5)nc(OC[C@@]56CCCN5C[C@H](F)C6)nc4c3F)c12. The van der Waals surface area contributed by atoms with Gasteiger partial charge < -0.3 is 14.7 Å². The topological polar surface area (TPSA) is 74.6 Å². The zero-order chi connectivity index (χ0) is 28.7. The maximum Gasteiger partial charge on any atom is 0.319 e. The molecule has 8 rings (SSSR count). The Morgan fingerprint density at radius 2 is 1.95 bits per heavy atom. The van der Waals surface area contributed by atoms with Gasteiger partial charge in [-0.2, -0.15) is 9.97 Å². The van der Waals surface area contributed by atoms with Crippen molar-refractivity contribution >= 4 is 27.5 Å². The van der Waals surface area contributed by atoms with Crippen LogP contribution in [-0.4, -0.2) is 69.5 Å². The van der Waals surface area contributed by atoms with Crippen molar-refractivity contribution in [3.63, 3.8) is 0 Å². The third-order valence-corrected chi connectivity index (χ3v) is 9.91. The van der Waals surface area contributed by atoms with Gasteiger partial charge in [0, 0.05) is 37.8 Å². The number of benzene rings is 2. The molecule has 4 fully saturated rings. The molecule has 0 bridgehead atoms. The van der Waals surface area contributed by atoms with E-state index in [9.17, 15) is 13.9 Å². The average Bonchev–Trinajstić information content (AvgIpc) is 3.24. The minimum atomic E-state index is -0.889. The van der Waals surface area contributed by atoms with Crippen LogP contribution in [0, 0.1) is 23.5 Å². The first-order chi connectivity index (χ1) is 20.3. The van der Waals surface area contributed by atoms with Gasteiger partial charge in [0.15, 0.2) is 5.82 Å². The number of alkyl halides is 1. The molecule has 0 radical (unpaired) electrons. The highest BCUT2D eigenvalue weighted by Gasteiger charge is 2.50. The second kappa shape index (κ2) is 9.42. The molecule has 4 atom stereocenters. The predicted octanol–water partition coefficient (Wildman–Crippen LogP) is 5.80. The molecule has 3 saturated heterocycles. The van der Waals surface area contributed by atoms with E-state index in [0.29, 0.717) is 64.3 Å². The van der Waals surface area contributed by atoms with Crippen molar-refractivity contribution in [2.24, 2.45) is 11.8 Å². The molecular weight excluding hydrogens is 543 g/mol. The second-order valence-corrected chi connectivity index (χ2v) is 12.5. The standard InChI is InChI=1S/C32H32F3N5O2/c1-2-22-25(34)5-4-17-9-21(41)10-23(26(17)22)28-27(35)29-24(12-36-28)30(39-13-18-8-19(18)14-39)38-31(37-29)42-16-32-6-3-7-40(32)15-20(33)11-32/h4-5,9-10,12,18-20,41H,2-3,6-8,11,13-16H2,1H3/t18?,19?,20-,32+/m1/s1. The summed E-state index contributed by atoms with van der Waals surface area (Å²) in [5.74, 6) is 0.658. The van der Waals surface area contributed by atoms with E-state index in [0.717, 1.165) is 32.5 Å². The molecule has 1 saturated carbocycles. The molecule has 218 valence electrons. The Labute approximate surface area is 241 Å². The molecule has 10 heteroatoms. The predicted molar refractivity (Wildman–Crippen MR) is 154 cm³/mol. The monoisotopic (exact) mass is 575 g/mol. The number of aromatic nitrogens is 3. The molecule has 0 amide bonds. The first-order valence-corrected chi connectivity index (χ1v) is 14.9. The van der Waals surface area contributed by atoms with Gasteiger partial charge in [-0.3, -0.25) is 9.88 Å². The molecule has 0 spiro atoms. The first kappa shape index (κ1) is 26.0. The van der Waals surface area contributed by atoms with Crippen LogP contribution in [-0.2, 0) is 6.42 Å². The lowest BCUT2D eigenvalue weighted by Gasteiger charge is -2.31. The molecule has 3 aliphatic heterocycles. The summed E-state index contributed by atoms with van der Waals surface area (Å²) in [6.07, 6.45) is 4.50. The van der Waals surface area contributed by atoms with E-state index in [1.54, 1.807) is 12.3 Å². The zero-order valence-corrected chi connectivity index (χ0v) is 23.4. The quantitative estimate of drug-likeness (QED) is 0.311. The number of hydrogen-bond acceptors (Lipinski definition) is 7. The van der Waals surface area contributed by atoms with Gasteiger partial charge in [0.05, 0.1) is 10.9 Å². The van der Waals surface area contributed by atoms with Crippen molar-refractivity contribution < 1.29 is 23.0 Å². The summed E-state index contributed by atoms with van der Waals surface area (Å²) in [7, 11) is 0. The van der Waals surface area contributed by atoms with E-state index in [1.807, 2.05) is 6.92 Å². The van der Waals surface area contributed by atoms with E-state index < -0.39 is 23.3 Å². The summed E-state index contributed by atoms with van der Waals surface area (Å²) >= 11 is 0. The minimum Gasteiger partial charge on any atom is -0.508 e.